The summed E-state index contributed by atoms with van der Waals surface area (Å²) in [5, 5.41) is 14.1. The highest BCUT2D eigenvalue weighted by Gasteiger charge is 2.21. The molecule has 1 atom stereocenters. The second kappa shape index (κ2) is 9.34. The number of furan rings is 1. The standard InChI is InChI=1S/C21H24N2O5/c1-3-26-21(25)20-14(2)19-17(7-4-8-18(19)28-20)27-13-16(24)12-23-11-15-6-5-9-22-10-15/h4-10,16,23-24H,3,11-13H2,1-2H3. The van der Waals surface area contributed by atoms with Crippen LogP contribution in [0.2, 0.25) is 0 Å². The lowest BCUT2D eigenvalue weighted by atomic mass is 10.1. The van der Waals surface area contributed by atoms with Crippen molar-refractivity contribution < 1.29 is 23.8 Å². The van der Waals surface area contributed by atoms with E-state index in [1.807, 2.05) is 12.1 Å². The van der Waals surface area contributed by atoms with Gasteiger partial charge in [-0.1, -0.05) is 12.1 Å². The Morgan fingerprint density at radius 2 is 2.18 bits per heavy atom. The molecule has 28 heavy (non-hydrogen) atoms. The van der Waals surface area contributed by atoms with Gasteiger partial charge in [0.2, 0.25) is 5.76 Å². The van der Waals surface area contributed by atoms with Crippen LogP contribution in [0, 0.1) is 6.92 Å². The number of aliphatic hydroxyl groups is 1. The Morgan fingerprint density at radius 3 is 2.93 bits per heavy atom. The van der Waals surface area contributed by atoms with Gasteiger partial charge in [0.1, 0.15) is 24.0 Å². The number of aromatic nitrogens is 1. The first-order chi connectivity index (χ1) is 13.6. The van der Waals surface area contributed by atoms with Crippen molar-refractivity contribution in [1.82, 2.24) is 10.3 Å². The van der Waals surface area contributed by atoms with Crippen molar-refractivity contribution in [2.45, 2.75) is 26.5 Å². The Balaban J connectivity index is 1.61. The molecule has 1 unspecified atom stereocenters. The summed E-state index contributed by atoms with van der Waals surface area (Å²) in [6, 6.07) is 9.17. The van der Waals surface area contributed by atoms with Crippen molar-refractivity contribution in [3.8, 4) is 5.75 Å². The molecule has 0 saturated heterocycles. The number of nitrogens with zero attached hydrogens (tertiary/aromatic N) is 1. The minimum absolute atomic E-state index is 0.110. The summed E-state index contributed by atoms with van der Waals surface area (Å²) in [5.41, 5.74) is 2.25. The molecule has 2 heterocycles. The first-order valence-electron chi connectivity index (χ1n) is 9.19. The van der Waals surface area contributed by atoms with E-state index in [2.05, 4.69) is 10.3 Å². The van der Waals surface area contributed by atoms with E-state index in [9.17, 15) is 9.90 Å². The number of benzene rings is 1. The third kappa shape index (κ3) is 4.68. The van der Waals surface area contributed by atoms with Gasteiger partial charge in [-0.15, -0.1) is 0 Å². The second-order valence-electron chi connectivity index (χ2n) is 6.36. The molecule has 148 valence electrons. The lowest BCUT2D eigenvalue weighted by Crippen LogP contribution is -2.31. The number of carbonyl (C=O) groups excluding carboxylic acids is 1. The molecule has 3 rings (SSSR count). The molecule has 2 N–H and O–H groups in total. The van der Waals surface area contributed by atoms with Crippen LogP contribution in [0.3, 0.4) is 0 Å². The van der Waals surface area contributed by atoms with Crippen molar-refractivity contribution >= 4 is 16.9 Å². The Bertz CT molecular complexity index is 923. The Labute approximate surface area is 163 Å². The maximum atomic E-state index is 12.0. The Kier molecular flexibility index (Phi) is 6.62. The topological polar surface area (TPSA) is 93.8 Å². The summed E-state index contributed by atoms with van der Waals surface area (Å²) in [7, 11) is 0. The second-order valence-corrected chi connectivity index (χ2v) is 6.36. The van der Waals surface area contributed by atoms with Gasteiger partial charge < -0.3 is 24.3 Å². The van der Waals surface area contributed by atoms with E-state index in [-0.39, 0.29) is 19.0 Å². The van der Waals surface area contributed by atoms with E-state index in [4.69, 9.17) is 13.9 Å². The summed E-state index contributed by atoms with van der Waals surface area (Å²) in [5.74, 6) is 0.231. The largest absolute Gasteiger partial charge is 0.490 e. The molecule has 7 heteroatoms. The number of carbonyl (C=O) groups is 1. The molecule has 0 aliphatic rings. The average Bonchev–Trinajstić information content (AvgIpc) is 3.05. The van der Waals surface area contributed by atoms with Crippen LogP contribution in [0.15, 0.2) is 47.1 Å². The Hall–Kier alpha value is -2.90. The van der Waals surface area contributed by atoms with E-state index in [1.165, 1.54) is 0 Å². The number of pyridine rings is 1. The molecule has 0 radical (unpaired) electrons. The van der Waals surface area contributed by atoms with Gasteiger partial charge in [0.05, 0.1) is 12.0 Å². The minimum atomic E-state index is -0.691. The number of fused-ring (bicyclic) bond motifs is 1. The average molecular weight is 384 g/mol. The van der Waals surface area contributed by atoms with E-state index in [0.717, 1.165) is 5.56 Å². The molecule has 3 aromatic rings. The smallest absolute Gasteiger partial charge is 0.374 e. The van der Waals surface area contributed by atoms with Gasteiger partial charge in [-0.3, -0.25) is 4.98 Å². The lowest BCUT2D eigenvalue weighted by Gasteiger charge is -2.14. The molecule has 0 spiro atoms. The molecule has 0 fully saturated rings. The molecular formula is C21H24N2O5. The predicted octanol–water partition coefficient (Wildman–Crippen LogP) is 2.84. The van der Waals surface area contributed by atoms with E-state index in [1.54, 1.807) is 44.4 Å². The lowest BCUT2D eigenvalue weighted by molar-refractivity contribution is 0.0491. The molecule has 0 aliphatic carbocycles. The fourth-order valence-corrected chi connectivity index (χ4v) is 2.91. The van der Waals surface area contributed by atoms with Crippen LogP contribution in [0.1, 0.15) is 28.6 Å². The van der Waals surface area contributed by atoms with E-state index < -0.39 is 12.1 Å². The van der Waals surface area contributed by atoms with Gasteiger partial charge >= 0.3 is 5.97 Å². The van der Waals surface area contributed by atoms with Crippen molar-refractivity contribution in [2.75, 3.05) is 19.8 Å². The van der Waals surface area contributed by atoms with E-state index in [0.29, 0.717) is 35.4 Å². The fourth-order valence-electron chi connectivity index (χ4n) is 2.91. The van der Waals surface area contributed by atoms with Crippen LogP contribution < -0.4 is 10.1 Å². The van der Waals surface area contributed by atoms with Crippen molar-refractivity contribution in [3.63, 3.8) is 0 Å². The number of esters is 1. The highest BCUT2D eigenvalue weighted by atomic mass is 16.5. The van der Waals surface area contributed by atoms with Crippen molar-refractivity contribution in [3.05, 3.63) is 59.6 Å². The predicted molar refractivity (Wildman–Crippen MR) is 104 cm³/mol. The quantitative estimate of drug-likeness (QED) is 0.548. The van der Waals surface area contributed by atoms with Crippen LogP contribution in [0.5, 0.6) is 5.75 Å². The van der Waals surface area contributed by atoms with Crippen LogP contribution in [-0.2, 0) is 11.3 Å². The zero-order valence-corrected chi connectivity index (χ0v) is 16.0. The van der Waals surface area contributed by atoms with Gasteiger partial charge in [0, 0.05) is 31.0 Å². The fraction of sp³-hybridized carbons (Fsp3) is 0.333. The summed E-state index contributed by atoms with van der Waals surface area (Å²) < 4.78 is 16.5. The zero-order chi connectivity index (χ0) is 19.9. The molecular weight excluding hydrogens is 360 g/mol. The monoisotopic (exact) mass is 384 g/mol. The molecule has 0 bridgehead atoms. The molecule has 0 aliphatic heterocycles. The number of hydrogen-bond acceptors (Lipinski definition) is 7. The first kappa shape index (κ1) is 19.9. The number of hydrogen-bond donors (Lipinski definition) is 2. The summed E-state index contributed by atoms with van der Waals surface area (Å²) in [4.78, 5) is 16.1. The van der Waals surface area contributed by atoms with Gasteiger partial charge in [-0.25, -0.2) is 4.79 Å². The van der Waals surface area contributed by atoms with Gasteiger partial charge in [-0.2, -0.15) is 0 Å². The number of ether oxygens (including phenoxy) is 2. The number of nitrogens with one attached hydrogen (secondary N) is 1. The third-order valence-electron chi connectivity index (χ3n) is 4.24. The summed E-state index contributed by atoms with van der Waals surface area (Å²) in [6.07, 6.45) is 2.81. The third-order valence-corrected chi connectivity index (χ3v) is 4.24. The highest BCUT2D eigenvalue weighted by Crippen LogP contribution is 2.33. The van der Waals surface area contributed by atoms with Crippen LogP contribution in [-0.4, -0.2) is 41.9 Å². The van der Waals surface area contributed by atoms with Crippen LogP contribution in [0.25, 0.3) is 11.0 Å². The minimum Gasteiger partial charge on any atom is -0.490 e. The molecule has 0 amide bonds. The van der Waals surface area contributed by atoms with Crippen LogP contribution in [0.4, 0.5) is 0 Å². The summed E-state index contributed by atoms with van der Waals surface area (Å²) >= 11 is 0. The van der Waals surface area contributed by atoms with Crippen LogP contribution >= 0.6 is 0 Å². The molecule has 7 nitrogen and oxygen atoms in total. The number of rotatable bonds is 9. The SMILES string of the molecule is CCOC(=O)c1oc2cccc(OCC(O)CNCc3cccnc3)c2c1C. The zero-order valence-electron chi connectivity index (χ0n) is 16.0. The van der Waals surface area contributed by atoms with Crippen molar-refractivity contribution in [1.29, 1.82) is 0 Å². The Morgan fingerprint density at radius 1 is 1.32 bits per heavy atom. The number of aliphatic hydroxyl groups excluding tert-OH is 1. The van der Waals surface area contributed by atoms with Crippen molar-refractivity contribution in [2.24, 2.45) is 0 Å². The first-order valence-corrected chi connectivity index (χ1v) is 9.19. The normalized spacial score (nSPS) is 12.1. The molecule has 2 aromatic heterocycles. The van der Waals surface area contributed by atoms with Gasteiger partial charge in [-0.05, 0) is 37.6 Å². The van der Waals surface area contributed by atoms with Gasteiger partial charge in [0.25, 0.3) is 0 Å². The highest BCUT2D eigenvalue weighted by molar-refractivity contribution is 5.98. The summed E-state index contributed by atoms with van der Waals surface area (Å²) in [6.45, 7) is 4.91. The van der Waals surface area contributed by atoms with E-state index >= 15 is 0 Å². The maximum Gasteiger partial charge on any atom is 0.374 e. The molecule has 0 saturated carbocycles. The number of aryl methyl sites for hydroxylation is 1. The van der Waals surface area contributed by atoms with Gasteiger partial charge in [0.15, 0.2) is 0 Å². The maximum absolute atomic E-state index is 12.0. The molecule has 1 aromatic carbocycles.